The van der Waals surface area contributed by atoms with E-state index >= 15 is 0 Å². The summed E-state index contributed by atoms with van der Waals surface area (Å²) in [5.41, 5.74) is 3.09. The second-order valence-corrected chi connectivity index (χ2v) is 8.61. The fourth-order valence-corrected chi connectivity index (χ4v) is 3.93. The first kappa shape index (κ1) is 22.6. The Bertz CT molecular complexity index is 1050. The van der Waals surface area contributed by atoms with Crippen LogP contribution in [0.4, 0.5) is 5.69 Å². The third-order valence-electron chi connectivity index (χ3n) is 6.08. The average molecular weight is 443 g/mol. The van der Waals surface area contributed by atoms with Crippen molar-refractivity contribution in [1.82, 2.24) is 4.90 Å². The Morgan fingerprint density at radius 1 is 0.879 bits per heavy atom. The van der Waals surface area contributed by atoms with Crippen LogP contribution in [0, 0.1) is 5.92 Å². The van der Waals surface area contributed by atoms with E-state index < -0.39 is 0 Å². The number of carbonyl (C=O) groups excluding carboxylic acids is 2. The first-order valence-electron chi connectivity index (χ1n) is 11.6. The predicted octanol–water partition coefficient (Wildman–Crippen LogP) is 5.43. The van der Waals surface area contributed by atoms with Crippen molar-refractivity contribution in [3.8, 4) is 5.75 Å². The van der Waals surface area contributed by atoms with Crippen LogP contribution in [-0.4, -0.2) is 36.4 Å². The Labute approximate surface area is 195 Å². The maximum atomic E-state index is 12.7. The van der Waals surface area contributed by atoms with Gasteiger partial charge in [-0.15, -0.1) is 0 Å². The standard InChI is InChI=1S/C28H30N2O3/c1-21-15-18-30(19-16-21)28(32)24-7-11-25(12-8-24)29-27(31)23-9-13-26(14-10-23)33-20-17-22-5-3-2-4-6-22/h2-14,21H,15-20H2,1H3,(H,29,31). The fraction of sp³-hybridized carbons (Fsp3) is 0.286. The summed E-state index contributed by atoms with van der Waals surface area (Å²) in [5.74, 6) is 1.27. The maximum Gasteiger partial charge on any atom is 0.255 e. The molecule has 170 valence electrons. The van der Waals surface area contributed by atoms with E-state index in [1.807, 2.05) is 23.1 Å². The highest BCUT2D eigenvalue weighted by molar-refractivity contribution is 6.04. The number of nitrogens with zero attached hydrogens (tertiary/aromatic N) is 1. The van der Waals surface area contributed by atoms with Gasteiger partial charge in [-0.05, 0) is 72.9 Å². The molecule has 5 nitrogen and oxygen atoms in total. The van der Waals surface area contributed by atoms with E-state index in [1.54, 1.807) is 48.5 Å². The minimum atomic E-state index is -0.199. The molecule has 4 rings (SSSR count). The van der Waals surface area contributed by atoms with Crippen molar-refractivity contribution >= 4 is 17.5 Å². The van der Waals surface area contributed by atoms with Crippen molar-refractivity contribution in [2.24, 2.45) is 5.92 Å². The average Bonchev–Trinajstić information content (AvgIpc) is 2.85. The molecule has 0 saturated carbocycles. The molecule has 5 heteroatoms. The molecule has 0 bridgehead atoms. The van der Waals surface area contributed by atoms with Crippen LogP contribution in [0.2, 0.25) is 0 Å². The van der Waals surface area contributed by atoms with Crippen LogP contribution in [0.1, 0.15) is 46.0 Å². The molecule has 0 aliphatic carbocycles. The molecule has 1 fully saturated rings. The third-order valence-corrected chi connectivity index (χ3v) is 6.08. The number of hydrogen-bond acceptors (Lipinski definition) is 3. The molecule has 0 aromatic heterocycles. The zero-order valence-corrected chi connectivity index (χ0v) is 19.0. The molecule has 1 heterocycles. The van der Waals surface area contributed by atoms with E-state index in [-0.39, 0.29) is 11.8 Å². The topological polar surface area (TPSA) is 58.6 Å². The highest BCUT2D eigenvalue weighted by atomic mass is 16.5. The first-order chi connectivity index (χ1) is 16.1. The lowest BCUT2D eigenvalue weighted by atomic mass is 9.98. The molecule has 1 aliphatic heterocycles. The molecule has 0 radical (unpaired) electrons. The molecule has 3 aromatic rings. The number of amides is 2. The van der Waals surface area contributed by atoms with E-state index in [0.717, 1.165) is 38.1 Å². The maximum absolute atomic E-state index is 12.7. The summed E-state index contributed by atoms with van der Waals surface area (Å²) in [6.45, 7) is 4.43. The summed E-state index contributed by atoms with van der Waals surface area (Å²) < 4.78 is 5.79. The third kappa shape index (κ3) is 6.22. The van der Waals surface area contributed by atoms with Crippen molar-refractivity contribution in [3.05, 3.63) is 95.6 Å². The number of hydrogen-bond donors (Lipinski definition) is 1. The van der Waals surface area contributed by atoms with Gasteiger partial charge in [-0.2, -0.15) is 0 Å². The van der Waals surface area contributed by atoms with E-state index in [9.17, 15) is 9.59 Å². The molecular formula is C28H30N2O3. The van der Waals surface area contributed by atoms with Gasteiger partial charge in [-0.1, -0.05) is 37.3 Å². The second-order valence-electron chi connectivity index (χ2n) is 8.61. The predicted molar refractivity (Wildman–Crippen MR) is 131 cm³/mol. The lowest BCUT2D eigenvalue weighted by Crippen LogP contribution is -2.37. The zero-order chi connectivity index (χ0) is 23.0. The van der Waals surface area contributed by atoms with Crippen LogP contribution < -0.4 is 10.1 Å². The lowest BCUT2D eigenvalue weighted by Gasteiger charge is -2.30. The van der Waals surface area contributed by atoms with Gasteiger partial charge >= 0.3 is 0 Å². The molecule has 0 unspecified atom stereocenters. The summed E-state index contributed by atoms with van der Waals surface area (Å²) in [5, 5.41) is 2.89. The quantitative estimate of drug-likeness (QED) is 0.531. The van der Waals surface area contributed by atoms with Crippen LogP contribution in [0.3, 0.4) is 0 Å². The van der Waals surface area contributed by atoms with Crippen molar-refractivity contribution in [2.45, 2.75) is 26.2 Å². The number of anilines is 1. The number of ether oxygens (including phenoxy) is 1. The van der Waals surface area contributed by atoms with Crippen LogP contribution in [0.5, 0.6) is 5.75 Å². The first-order valence-corrected chi connectivity index (χ1v) is 11.6. The van der Waals surface area contributed by atoms with Gasteiger partial charge in [0, 0.05) is 36.3 Å². The lowest BCUT2D eigenvalue weighted by molar-refractivity contribution is 0.0697. The van der Waals surface area contributed by atoms with Crippen LogP contribution >= 0.6 is 0 Å². The van der Waals surface area contributed by atoms with Crippen molar-refractivity contribution in [2.75, 3.05) is 25.0 Å². The van der Waals surface area contributed by atoms with Crippen molar-refractivity contribution in [1.29, 1.82) is 0 Å². The minimum Gasteiger partial charge on any atom is -0.493 e. The monoisotopic (exact) mass is 442 g/mol. The summed E-state index contributed by atoms with van der Waals surface area (Å²) in [6.07, 6.45) is 2.94. The van der Waals surface area contributed by atoms with Gasteiger partial charge < -0.3 is 15.0 Å². The summed E-state index contributed by atoms with van der Waals surface area (Å²) in [6, 6.07) is 24.4. The SMILES string of the molecule is CC1CCN(C(=O)c2ccc(NC(=O)c3ccc(OCCc4ccccc4)cc3)cc2)CC1. The molecule has 1 saturated heterocycles. The van der Waals surface area contributed by atoms with Crippen LogP contribution in [0.15, 0.2) is 78.9 Å². The Morgan fingerprint density at radius 2 is 1.52 bits per heavy atom. The Balaban J connectivity index is 1.27. The minimum absolute atomic E-state index is 0.0580. The smallest absolute Gasteiger partial charge is 0.255 e. The Hall–Kier alpha value is -3.60. The highest BCUT2D eigenvalue weighted by Gasteiger charge is 2.21. The molecule has 0 spiro atoms. The molecule has 0 atom stereocenters. The highest BCUT2D eigenvalue weighted by Crippen LogP contribution is 2.20. The number of piperidine rings is 1. The van der Waals surface area contributed by atoms with Gasteiger partial charge in [-0.25, -0.2) is 0 Å². The fourth-order valence-electron chi connectivity index (χ4n) is 3.93. The summed E-state index contributed by atoms with van der Waals surface area (Å²) in [4.78, 5) is 27.2. The van der Waals surface area contributed by atoms with Crippen molar-refractivity contribution < 1.29 is 14.3 Å². The molecule has 1 N–H and O–H groups in total. The van der Waals surface area contributed by atoms with Gasteiger partial charge in [0.2, 0.25) is 0 Å². The number of likely N-dealkylation sites (tertiary alicyclic amines) is 1. The number of nitrogens with one attached hydrogen (secondary N) is 1. The van der Waals surface area contributed by atoms with Gasteiger partial charge in [0.15, 0.2) is 0 Å². The molecule has 3 aromatic carbocycles. The van der Waals surface area contributed by atoms with E-state index in [0.29, 0.717) is 29.3 Å². The molecule has 1 aliphatic rings. The zero-order valence-electron chi connectivity index (χ0n) is 19.0. The second kappa shape index (κ2) is 10.8. The van der Waals surface area contributed by atoms with Crippen molar-refractivity contribution in [3.63, 3.8) is 0 Å². The normalized spacial score (nSPS) is 14.0. The molecule has 2 amide bonds. The van der Waals surface area contributed by atoms with E-state index in [1.165, 1.54) is 5.56 Å². The largest absolute Gasteiger partial charge is 0.493 e. The van der Waals surface area contributed by atoms with E-state index in [4.69, 9.17) is 4.74 Å². The van der Waals surface area contributed by atoms with Gasteiger partial charge in [-0.3, -0.25) is 9.59 Å². The number of rotatable bonds is 7. The number of benzene rings is 3. The molecular weight excluding hydrogens is 412 g/mol. The Morgan fingerprint density at radius 3 is 2.18 bits per heavy atom. The Kier molecular flexibility index (Phi) is 7.40. The van der Waals surface area contributed by atoms with Crippen LogP contribution in [0.25, 0.3) is 0 Å². The van der Waals surface area contributed by atoms with Crippen LogP contribution in [-0.2, 0) is 6.42 Å². The van der Waals surface area contributed by atoms with Gasteiger partial charge in [0.05, 0.1) is 6.61 Å². The summed E-state index contributed by atoms with van der Waals surface area (Å²) in [7, 11) is 0. The number of carbonyl (C=O) groups is 2. The summed E-state index contributed by atoms with van der Waals surface area (Å²) >= 11 is 0. The van der Waals surface area contributed by atoms with E-state index in [2.05, 4.69) is 24.4 Å². The molecule has 33 heavy (non-hydrogen) atoms. The van der Waals surface area contributed by atoms with Gasteiger partial charge in [0.1, 0.15) is 5.75 Å². The van der Waals surface area contributed by atoms with Gasteiger partial charge in [0.25, 0.3) is 11.8 Å².